The van der Waals surface area contributed by atoms with E-state index < -0.39 is 0 Å². The largest absolute Gasteiger partial charge is 0.493 e. The fourth-order valence-corrected chi connectivity index (χ4v) is 1.46. The van der Waals surface area contributed by atoms with Gasteiger partial charge >= 0.3 is 0 Å². The maximum Gasteiger partial charge on any atom is 0.161 e. The van der Waals surface area contributed by atoms with E-state index in [1.165, 1.54) is 0 Å². The maximum atomic E-state index is 8.55. The molecule has 0 bridgehead atoms. The van der Waals surface area contributed by atoms with Crippen molar-refractivity contribution in [1.29, 1.82) is 0 Å². The molecule has 102 valence electrons. The Balaban J connectivity index is 2.54. The van der Waals surface area contributed by atoms with E-state index in [0.717, 1.165) is 5.56 Å². The third-order valence-electron chi connectivity index (χ3n) is 2.43. The number of hydrogen-bond donors (Lipinski definition) is 2. The summed E-state index contributed by atoms with van der Waals surface area (Å²) in [4.78, 5) is 0. The predicted molar refractivity (Wildman–Crippen MR) is 69.0 cm³/mol. The number of nitrogens with two attached hydrogens (primary N) is 1. The summed E-state index contributed by atoms with van der Waals surface area (Å²) in [6.45, 7) is 3.10. The van der Waals surface area contributed by atoms with Crippen LogP contribution in [0.2, 0.25) is 0 Å². The van der Waals surface area contributed by atoms with Crippen molar-refractivity contribution in [1.82, 2.24) is 0 Å². The lowest BCUT2D eigenvalue weighted by Crippen LogP contribution is -2.10. The third kappa shape index (κ3) is 4.52. The SMILES string of the molecule is COc1cc(C(C)N)ccc1OCCOCCO. The van der Waals surface area contributed by atoms with Gasteiger partial charge in [-0.15, -0.1) is 0 Å². The number of hydrogen-bond acceptors (Lipinski definition) is 5. The monoisotopic (exact) mass is 255 g/mol. The molecule has 0 aliphatic heterocycles. The van der Waals surface area contributed by atoms with Crippen LogP contribution < -0.4 is 15.2 Å². The molecule has 1 rings (SSSR count). The van der Waals surface area contributed by atoms with Crippen molar-refractivity contribution >= 4 is 0 Å². The quantitative estimate of drug-likeness (QED) is 0.680. The van der Waals surface area contributed by atoms with Crippen molar-refractivity contribution in [2.24, 2.45) is 5.73 Å². The Bertz CT molecular complexity index is 355. The topological polar surface area (TPSA) is 73.9 Å². The summed E-state index contributed by atoms with van der Waals surface area (Å²) in [5.41, 5.74) is 6.80. The Morgan fingerprint density at radius 2 is 2.00 bits per heavy atom. The van der Waals surface area contributed by atoms with Gasteiger partial charge in [0, 0.05) is 6.04 Å². The van der Waals surface area contributed by atoms with E-state index in [4.69, 9.17) is 25.1 Å². The Morgan fingerprint density at radius 1 is 1.22 bits per heavy atom. The summed E-state index contributed by atoms with van der Waals surface area (Å²) in [7, 11) is 1.59. The zero-order valence-corrected chi connectivity index (χ0v) is 10.9. The minimum atomic E-state index is -0.0409. The van der Waals surface area contributed by atoms with Crippen LogP contribution in [0.15, 0.2) is 18.2 Å². The number of methoxy groups -OCH3 is 1. The smallest absolute Gasteiger partial charge is 0.161 e. The molecule has 0 spiro atoms. The van der Waals surface area contributed by atoms with Crippen LogP contribution in [0.4, 0.5) is 0 Å². The molecule has 1 aromatic rings. The molecule has 0 amide bonds. The van der Waals surface area contributed by atoms with Gasteiger partial charge in [0.1, 0.15) is 6.61 Å². The lowest BCUT2D eigenvalue weighted by atomic mass is 10.1. The summed E-state index contributed by atoms with van der Waals surface area (Å²) in [6.07, 6.45) is 0. The molecular weight excluding hydrogens is 234 g/mol. The number of benzene rings is 1. The molecule has 18 heavy (non-hydrogen) atoms. The fourth-order valence-electron chi connectivity index (χ4n) is 1.46. The average molecular weight is 255 g/mol. The highest BCUT2D eigenvalue weighted by Crippen LogP contribution is 2.29. The molecule has 1 unspecified atom stereocenters. The summed E-state index contributed by atoms with van der Waals surface area (Å²) in [6, 6.07) is 5.58. The average Bonchev–Trinajstić information content (AvgIpc) is 2.38. The van der Waals surface area contributed by atoms with Gasteiger partial charge in [0.2, 0.25) is 0 Å². The Kier molecular flexibility index (Phi) is 6.49. The van der Waals surface area contributed by atoms with Crippen molar-refractivity contribution in [3.05, 3.63) is 23.8 Å². The van der Waals surface area contributed by atoms with Gasteiger partial charge in [-0.25, -0.2) is 0 Å². The minimum absolute atomic E-state index is 0.0202. The molecule has 5 heteroatoms. The Labute approximate surface area is 107 Å². The minimum Gasteiger partial charge on any atom is -0.493 e. The molecule has 3 N–H and O–H groups in total. The molecule has 5 nitrogen and oxygen atoms in total. The highest BCUT2D eigenvalue weighted by Gasteiger charge is 2.07. The number of aliphatic hydroxyl groups excluding tert-OH is 1. The Morgan fingerprint density at radius 3 is 2.61 bits per heavy atom. The number of ether oxygens (including phenoxy) is 3. The highest BCUT2D eigenvalue weighted by molar-refractivity contribution is 5.43. The number of aliphatic hydroxyl groups is 1. The lowest BCUT2D eigenvalue weighted by Gasteiger charge is -2.13. The van der Waals surface area contributed by atoms with Crippen LogP contribution >= 0.6 is 0 Å². The van der Waals surface area contributed by atoms with Crippen LogP contribution in [0.3, 0.4) is 0 Å². The van der Waals surface area contributed by atoms with Crippen LogP contribution in [0.5, 0.6) is 11.5 Å². The summed E-state index contributed by atoms with van der Waals surface area (Å²) >= 11 is 0. The molecule has 0 saturated heterocycles. The molecule has 0 fully saturated rings. The van der Waals surface area contributed by atoms with E-state index in [2.05, 4.69) is 0 Å². The first-order valence-electron chi connectivity index (χ1n) is 5.94. The van der Waals surface area contributed by atoms with Gasteiger partial charge < -0.3 is 25.1 Å². The first-order valence-corrected chi connectivity index (χ1v) is 5.94. The van der Waals surface area contributed by atoms with Crippen molar-refractivity contribution in [2.75, 3.05) is 33.5 Å². The second-order valence-corrected chi connectivity index (χ2v) is 3.88. The zero-order chi connectivity index (χ0) is 13.4. The zero-order valence-electron chi connectivity index (χ0n) is 10.9. The van der Waals surface area contributed by atoms with E-state index in [0.29, 0.717) is 31.3 Å². The summed E-state index contributed by atoms with van der Waals surface area (Å²) < 4.78 is 15.9. The first kappa shape index (κ1) is 14.8. The third-order valence-corrected chi connectivity index (χ3v) is 2.43. The van der Waals surface area contributed by atoms with E-state index in [9.17, 15) is 0 Å². The van der Waals surface area contributed by atoms with E-state index in [-0.39, 0.29) is 12.6 Å². The van der Waals surface area contributed by atoms with Gasteiger partial charge in [-0.3, -0.25) is 0 Å². The van der Waals surface area contributed by atoms with E-state index >= 15 is 0 Å². The second-order valence-electron chi connectivity index (χ2n) is 3.88. The standard InChI is InChI=1S/C13H21NO4/c1-10(14)11-3-4-12(13(9-11)16-2)18-8-7-17-6-5-15/h3-4,9-10,15H,5-8,14H2,1-2H3. The molecule has 0 heterocycles. The molecule has 0 aromatic heterocycles. The molecule has 1 aromatic carbocycles. The van der Waals surface area contributed by atoms with E-state index in [1.807, 2.05) is 25.1 Å². The predicted octanol–water partition coefficient (Wildman–Crippen LogP) is 1.10. The van der Waals surface area contributed by atoms with Crippen molar-refractivity contribution in [3.63, 3.8) is 0 Å². The normalized spacial score (nSPS) is 12.2. The van der Waals surface area contributed by atoms with Gasteiger partial charge in [0.25, 0.3) is 0 Å². The van der Waals surface area contributed by atoms with E-state index in [1.54, 1.807) is 7.11 Å². The Hall–Kier alpha value is -1.30. The van der Waals surface area contributed by atoms with Gasteiger partial charge in [0.15, 0.2) is 11.5 Å². The summed E-state index contributed by atoms with van der Waals surface area (Å²) in [5.74, 6) is 1.32. The molecular formula is C13H21NO4. The van der Waals surface area contributed by atoms with Gasteiger partial charge in [-0.1, -0.05) is 6.07 Å². The molecule has 0 radical (unpaired) electrons. The fraction of sp³-hybridized carbons (Fsp3) is 0.538. The maximum absolute atomic E-state index is 8.55. The molecule has 0 aliphatic carbocycles. The summed E-state index contributed by atoms with van der Waals surface area (Å²) in [5, 5.41) is 8.55. The number of rotatable bonds is 8. The van der Waals surface area contributed by atoms with Crippen LogP contribution in [0.25, 0.3) is 0 Å². The highest BCUT2D eigenvalue weighted by atomic mass is 16.5. The van der Waals surface area contributed by atoms with Crippen LogP contribution in [-0.2, 0) is 4.74 Å². The van der Waals surface area contributed by atoms with Gasteiger partial charge in [-0.2, -0.15) is 0 Å². The van der Waals surface area contributed by atoms with Crippen molar-refractivity contribution in [3.8, 4) is 11.5 Å². The first-order chi connectivity index (χ1) is 8.69. The van der Waals surface area contributed by atoms with Crippen LogP contribution in [0.1, 0.15) is 18.5 Å². The molecule has 1 atom stereocenters. The van der Waals surface area contributed by atoms with Crippen LogP contribution in [0, 0.1) is 0 Å². The van der Waals surface area contributed by atoms with Gasteiger partial charge in [-0.05, 0) is 24.6 Å². The van der Waals surface area contributed by atoms with Crippen molar-refractivity contribution in [2.45, 2.75) is 13.0 Å². The van der Waals surface area contributed by atoms with Crippen molar-refractivity contribution < 1.29 is 19.3 Å². The molecule has 0 aliphatic rings. The van der Waals surface area contributed by atoms with Crippen LogP contribution in [-0.4, -0.2) is 38.6 Å². The molecule has 0 saturated carbocycles. The second kappa shape index (κ2) is 7.92. The van der Waals surface area contributed by atoms with Gasteiger partial charge in [0.05, 0.1) is 26.9 Å². The lowest BCUT2D eigenvalue weighted by molar-refractivity contribution is 0.0699.